The molecule has 2 heterocycles. The van der Waals surface area contributed by atoms with E-state index in [0.717, 1.165) is 11.0 Å². The van der Waals surface area contributed by atoms with Crippen molar-refractivity contribution in [2.45, 2.75) is 10.9 Å². The zero-order chi connectivity index (χ0) is 27.2. The highest BCUT2D eigenvalue weighted by Crippen LogP contribution is 2.28. The molecule has 0 bridgehead atoms. The highest BCUT2D eigenvalue weighted by atomic mass is 32.2. The predicted molar refractivity (Wildman–Crippen MR) is 136 cm³/mol. The first-order chi connectivity index (χ1) is 18.0. The minimum absolute atomic E-state index is 0.0376. The summed E-state index contributed by atoms with van der Waals surface area (Å²) in [7, 11) is -2.47. The molecular weight excluding hydrogens is 514 g/mol. The number of aliphatic hydroxyl groups is 3. The molecule has 0 saturated heterocycles. The van der Waals surface area contributed by atoms with Crippen molar-refractivity contribution < 1.29 is 28.5 Å². The second-order valence-electron chi connectivity index (χ2n) is 8.30. The van der Waals surface area contributed by atoms with E-state index in [9.17, 15) is 28.5 Å². The van der Waals surface area contributed by atoms with Crippen LogP contribution in [0.5, 0.6) is 5.75 Å². The molecule has 38 heavy (non-hydrogen) atoms. The van der Waals surface area contributed by atoms with Crippen LogP contribution in [0.2, 0.25) is 0 Å². The Labute approximate surface area is 215 Å². The average Bonchev–Trinajstić information content (AvgIpc) is 3.30. The Morgan fingerprint density at radius 3 is 2.16 bits per heavy atom. The van der Waals surface area contributed by atoms with Crippen molar-refractivity contribution in [1.82, 2.24) is 19.3 Å². The lowest BCUT2D eigenvalue weighted by atomic mass is 10.1. The Balaban J connectivity index is 1.66. The van der Waals surface area contributed by atoms with Gasteiger partial charge in [-0.2, -0.15) is 5.10 Å². The predicted octanol–water partition coefficient (Wildman–Crippen LogP) is 0.982. The number of rotatable bonds is 6. The van der Waals surface area contributed by atoms with E-state index in [4.69, 9.17) is 9.88 Å². The van der Waals surface area contributed by atoms with Gasteiger partial charge in [-0.3, -0.25) is 9.36 Å². The number of fused-ring (bicyclic) bond motifs is 1. The van der Waals surface area contributed by atoms with Crippen LogP contribution in [0.15, 0.2) is 88.8 Å². The molecule has 0 fully saturated rings. The first-order valence-electron chi connectivity index (χ1n) is 11.0. The number of nitrogens with two attached hydrogens (primary N) is 1. The molecule has 0 unspecified atom stereocenters. The van der Waals surface area contributed by atoms with Gasteiger partial charge < -0.3 is 20.1 Å². The lowest BCUT2D eigenvalue weighted by Gasteiger charge is -2.11. The van der Waals surface area contributed by atoms with Crippen molar-refractivity contribution in [2.75, 3.05) is 7.11 Å². The fraction of sp³-hybridized carbons (Fsp3) is 0.0800. The van der Waals surface area contributed by atoms with Crippen molar-refractivity contribution in [1.29, 1.82) is 0 Å². The van der Waals surface area contributed by atoms with Crippen LogP contribution < -0.4 is 15.4 Å². The number of benzene rings is 3. The molecule has 0 aliphatic carbocycles. The molecule has 5 aromatic rings. The van der Waals surface area contributed by atoms with Crippen LogP contribution >= 0.6 is 0 Å². The Hall–Kier alpha value is -4.40. The van der Waals surface area contributed by atoms with Gasteiger partial charge in [-0.05, 0) is 48.0 Å². The molecule has 13 heteroatoms. The van der Waals surface area contributed by atoms with Gasteiger partial charge in [-0.1, -0.05) is 30.3 Å². The zero-order valence-corrected chi connectivity index (χ0v) is 20.6. The third-order valence-electron chi connectivity index (χ3n) is 5.87. The Bertz CT molecular complexity index is 1820. The molecule has 0 saturated carbocycles. The van der Waals surface area contributed by atoms with Crippen LogP contribution in [-0.4, -0.2) is 50.2 Å². The van der Waals surface area contributed by atoms with E-state index in [1.807, 2.05) is 0 Å². The molecule has 0 aliphatic rings. The number of methoxy groups -OCH3 is 1. The smallest absolute Gasteiger partial charge is 0.326 e. The molecule has 194 valence electrons. The maximum atomic E-state index is 13.6. The summed E-state index contributed by atoms with van der Waals surface area (Å²) in [5.41, 5.74) is 0.123. The van der Waals surface area contributed by atoms with Gasteiger partial charge in [0.15, 0.2) is 11.2 Å². The summed E-state index contributed by atoms with van der Waals surface area (Å²) in [6.45, 7) is 0. The highest BCUT2D eigenvalue weighted by molar-refractivity contribution is 7.89. The maximum Gasteiger partial charge on any atom is 0.326 e. The summed E-state index contributed by atoms with van der Waals surface area (Å²) in [6.07, 6.45) is 1.16. The van der Waals surface area contributed by atoms with Crippen molar-refractivity contribution in [3.8, 4) is 28.3 Å². The molecular formula is C25H21N5O7S. The van der Waals surface area contributed by atoms with E-state index < -0.39 is 27.2 Å². The van der Waals surface area contributed by atoms with Gasteiger partial charge in [-0.15, -0.1) is 0 Å². The van der Waals surface area contributed by atoms with Gasteiger partial charge in [-0.25, -0.2) is 23.2 Å². The number of aromatic nitrogens is 4. The van der Waals surface area contributed by atoms with Gasteiger partial charge in [0.05, 0.1) is 23.4 Å². The largest absolute Gasteiger partial charge is 0.497 e. The summed E-state index contributed by atoms with van der Waals surface area (Å²) in [5, 5.41) is 38.9. The molecule has 0 atom stereocenters. The van der Waals surface area contributed by atoms with Gasteiger partial charge >= 0.3 is 5.97 Å². The number of primary sulfonamides is 1. The summed E-state index contributed by atoms with van der Waals surface area (Å²) in [5.74, 6) is -2.80. The lowest BCUT2D eigenvalue weighted by Crippen LogP contribution is -2.25. The monoisotopic (exact) mass is 535 g/mol. The SMILES string of the molecule is COc1ccc(-n2nc(C(O)(O)O)c3ncn(-c4ccc(-c5ccccc5S(N)(=O)=O)cc4)c(=O)c32)cc1. The Morgan fingerprint density at radius 1 is 0.921 bits per heavy atom. The number of hydrogen-bond donors (Lipinski definition) is 4. The van der Waals surface area contributed by atoms with Gasteiger partial charge in [0.25, 0.3) is 5.56 Å². The van der Waals surface area contributed by atoms with E-state index >= 15 is 0 Å². The van der Waals surface area contributed by atoms with Crippen molar-refractivity contribution in [2.24, 2.45) is 5.14 Å². The van der Waals surface area contributed by atoms with Gasteiger partial charge in [0.2, 0.25) is 10.0 Å². The van der Waals surface area contributed by atoms with E-state index in [-0.39, 0.29) is 15.9 Å². The summed E-state index contributed by atoms with van der Waals surface area (Å²) < 4.78 is 31.5. The van der Waals surface area contributed by atoms with Crippen LogP contribution in [0, 0.1) is 0 Å². The third-order valence-corrected chi connectivity index (χ3v) is 6.84. The number of ether oxygens (including phenoxy) is 1. The Morgan fingerprint density at radius 2 is 1.55 bits per heavy atom. The molecule has 5 rings (SSSR count). The number of sulfonamides is 1. The second kappa shape index (κ2) is 9.16. The normalized spacial score (nSPS) is 12.1. The molecule has 12 nitrogen and oxygen atoms in total. The van der Waals surface area contributed by atoms with Crippen molar-refractivity contribution in [3.05, 3.63) is 95.2 Å². The molecule has 0 amide bonds. The van der Waals surface area contributed by atoms with Gasteiger partial charge in [0.1, 0.15) is 17.6 Å². The van der Waals surface area contributed by atoms with Crippen LogP contribution in [0.1, 0.15) is 5.69 Å². The summed E-state index contributed by atoms with van der Waals surface area (Å²) >= 11 is 0. The van der Waals surface area contributed by atoms with Crippen LogP contribution in [0.25, 0.3) is 33.5 Å². The van der Waals surface area contributed by atoms with Crippen LogP contribution in [-0.2, 0) is 16.0 Å². The first-order valence-corrected chi connectivity index (χ1v) is 12.6. The molecule has 2 aromatic heterocycles. The molecule has 3 aromatic carbocycles. The highest BCUT2D eigenvalue weighted by Gasteiger charge is 2.32. The quantitative estimate of drug-likeness (QED) is 0.230. The van der Waals surface area contributed by atoms with Gasteiger partial charge in [0, 0.05) is 5.56 Å². The summed E-state index contributed by atoms with van der Waals surface area (Å²) in [4.78, 5) is 17.8. The molecule has 0 aliphatic heterocycles. The van der Waals surface area contributed by atoms with E-state index in [0.29, 0.717) is 28.3 Å². The average molecular weight is 536 g/mol. The number of nitrogens with zero attached hydrogens (tertiary/aromatic N) is 4. The third kappa shape index (κ3) is 4.44. The van der Waals surface area contributed by atoms with Crippen molar-refractivity contribution >= 4 is 21.1 Å². The van der Waals surface area contributed by atoms with E-state index in [1.54, 1.807) is 66.7 Å². The minimum atomic E-state index is -3.96. The van der Waals surface area contributed by atoms with Crippen molar-refractivity contribution in [3.63, 3.8) is 0 Å². The lowest BCUT2D eigenvalue weighted by molar-refractivity contribution is -0.325. The van der Waals surface area contributed by atoms with E-state index in [2.05, 4.69) is 10.1 Å². The molecule has 0 radical (unpaired) electrons. The topological polar surface area (TPSA) is 183 Å². The Kier molecular flexibility index (Phi) is 6.09. The van der Waals surface area contributed by atoms with E-state index in [1.165, 1.54) is 17.7 Å². The molecule has 5 N–H and O–H groups in total. The first kappa shape index (κ1) is 25.3. The maximum absolute atomic E-state index is 13.6. The number of hydrogen-bond acceptors (Lipinski definition) is 9. The fourth-order valence-electron chi connectivity index (χ4n) is 4.08. The summed E-state index contributed by atoms with van der Waals surface area (Å²) in [6, 6.07) is 19.1. The van der Waals surface area contributed by atoms with Crippen LogP contribution in [0.3, 0.4) is 0 Å². The zero-order valence-electron chi connectivity index (χ0n) is 19.8. The standard InChI is InChI=1S/C25H21N5O7S/c1-37-18-12-10-17(11-13-18)30-22-21(23(28-30)25(32,33)34)27-14-29(24(22)31)16-8-6-15(7-9-16)19-4-2-3-5-20(19)38(26,35)36/h2-14,32-34H,1H3,(H2,26,35,36). The second-order valence-corrected chi connectivity index (χ2v) is 9.83. The fourth-order valence-corrected chi connectivity index (χ4v) is 4.84. The minimum Gasteiger partial charge on any atom is -0.497 e. The van der Waals surface area contributed by atoms with Crippen LogP contribution in [0.4, 0.5) is 0 Å². The molecule has 0 spiro atoms.